The van der Waals surface area contributed by atoms with Crippen LogP contribution in [0.2, 0.25) is 0 Å². The van der Waals surface area contributed by atoms with Crippen LogP contribution in [0.3, 0.4) is 0 Å². The molecule has 1 unspecified atom stereocenters. The van der Waals surface area contributed by atoms with Crippen molar-refractivity contribution in [2.24, 2.45) is 39.4 Å². The first-order valence-electron chi connectivity index (χ1n) is 7.83. The van der Waals surface area contributed by atoms with Gasteiger partial charge < -0.3 is 0 Å². The monoisotopic (exact) mass is 250 g/mol. The Morgan fingerprint density at radius 3 is 1.67 bits per heavy atom. The van der Waals surface area contributed by atoms with Gasteiger partial charge in [0.2, 0.25) is 0 Å². The third-order valence-corrected chi connectivity index (χ3v) is 7.10. The minimum atomic E-state index is 0.401. The third kappa shape index (κ3) is 1.63. The third-order valence-electron chi connectivity index (χ3n) is 7.10. The summed E-state index contributed by atoms with van der Waals surface area (Å²) in [5, 5.41) is 0. The average molecular weight is 250 g/mol. The fourth-order valence-electron chi connectivity index (χ4n) is 5.50. The topological polar surface area (TPSA) is 0 Å². The summed E-state index contributed by atoms with van der Waals surface area (Å²) in [4.78, 5) is 0. The van der Waals surface area contributed by atoms with E-state index < -0.39 is 0 Å². The first-order valence-corrected chi connectivity index (χ1v) is 7.83. The molecule has 106 valence electrons. The van der Waals surface area contributed by atoms with E-state index in [0.29, 0.717) is 21.7 Å². The van der Waals surface area contributed by atoms with E-state index in [4.69, 9.17) is 0 Å². The molecule has 3 rings (SSSR count). The van der Waals surface area contributed by atoms with Gasteiger partial charge in [-0.3, -0.25) is 0 Å². The van der Waals surface area contributed by atoms with Gasteiger partial charge in [0, 0.05) is 0 Å². The van der Waals surface area contributed by atoms with Gasteiger partial charge in [-0.1, -0.05) is 62.3 Å². The standard InChI is InChI=1S/C18H34/c1-15(2,3)13-10-12-11-14(17(12,7)8)18(13,9)16(4,5)6/h12-14H,10-11H2,1-9H3/t12-,13?,14+,18-/m1/s1. The fourth-order valence-corrected chi connectivity index (χ4v) is 5.50. The second-order valence-corrected chi connectivity index (χ2v) is 9.99. The van der Waals surface area contributed by atoms with Gasteiger partial charge in [-0.05, 0) is 52.3 Å². The normalized spacial score (nSPS) is 43.5. The molecule has 0 aromatic rings. The van der Waals surface area contributed by atoms with Crippen molar-refractivity contribution in [1.29, 1.82) is 0 Å². The Kier molecular flexibility index (Phi) is 2.84. The zero-order chi connectivity index (χ0) is 14.1. The summed E-state index contributed by atoms with van der Waals surface area (Å²) in [6, 6.07) is 0. The minimum Gasteiger partial charge on any atom is -0.0599 e. The molecule has 3 aliphatic carbocycles. The Balaban J connectivity index is 2.47. The maximum Gasteiger partial charge on any atom is -0.0210 e. The van der Waals surface area contributed by atoms with Crippen molar-refractivity contribution in [1.82, 2.24) is 0 Å². The van der Waals surface area contributed by atoms with Crippen molar-refractivity contribution in [2.75, 3.05) is 0 Å². The van der Waals surface area contributed by atoms with Crippen LogP contribution >= 0.6 is 0 Å². The summed E-state index contributed by atoms with van der Waals surface area (Å²) in [5.41, 5.74) is 1.89. The number of rotatable bonds is 0. The van der Waals surface area contributed by atoms with Crippen molar-refractivity contribution < 1.29 is 0 Å². The molecule has 0 amide bonds. The van der Waals surface area contributed by atoms with Crippen molar-refractivity contribution in [3.05, 3.63) is 0 Å². The van der Waals surface area contributed by atoms with Gasteiger partial charge in [0.25, 0.3) is 0 Å². The fraction of sp³-hybridized carbons (Fsp3) is 1.00. The van der Waals surface area contributed by atoms with E-state index in [9.17, 15) is 0 Å². The molecule has 0 aromatic heterocycles. The molecule has 4 atom stereocenters. The van der Waals surface area contributed by atoms with E-state index in [2.05, 4.69) is 62.3 Å². The zero-order valence-electron chi connectivity index (χ0n) is 14.1. The summed E-state index contributed by atoms with van der Waals surface area (Å²) in [5.74, 6) is 2.75. The summed E-state index contributed by atoms with van der Waals surface area (Å²) in [6.45, 7) is 22.4. The second-order valence-electron chi connectivity index (χ2n) is 9.99. The van der Waals surface area contributed by atoms with Crippen LogP contribution in [0.1, 0.15) is 75.2 Å². The Morgan fingerprint density at radius 1 is 0.833 bits per heavy atom. The highest BCUT2D eigenvalue weighted by Gasteiger charge is 2.67. The minimum absolute atomic E-state index is 0.401. The number of hydrogen-bond donors (Lipinski definition) is 0. The van der Waals surface area contributed by atoms with Crippen molar-refractivity contribution in [3.63, 3.8) is 0 Å². The molecule has 18 heavy (non-hydrogen) atoms. The average Bonchev–Trinajstić information content (AvgIpc) is 2.13. The lowest BCUT2D eigenvalue weighted by Crippen LogP contribution is -2.66. The van der Waals surface area contributed by atoms with E-state index in [1.54, 1.807) is 0 Å². The largest absolute Gasteiger partial charge is 0.0599 e. The molecule has 3 saturated carbocycles. The lowest BCUT2D eigenvalue weighted by Gasteiger charge is -2.73. The van der Waals surface area contributed by atoms with Gasteiger partial charge in [0.05, 0.1) is 0 Å². The van der Waals surface area contributed by atoms with E-state index in [-0.39, 0.29) is 0 Å². The maximum absolute atomic E-state index is 2.60. The van der Waals surface area contributed by atoms with Gasteiger partial charge in [0.1, 0.15) is 0 Å². The molecule has 0 nitrogen and oxygen atoms in total. The second kappa shape index (κ2) is 3.55. The molecule has 0 saturated heterocycles. The molecule has 0 spiro atoms. The number of fused-ring (bicyclic) bond motifs is 2. The smallest absolute Gasteiger partial charge is 0.0210 e. The number of hydrogen-bond acceptors (Lipinski definition) is 0. The highest BCUT2D eigenvalue weighted by Crippen LogP contribution is 2.74. The van der Waals surface area contributed by atoms with E-state index >= 15 is 0 Å². The maximum atomic E-state index is 2.60. The van der Waals surface area contributed by atoms with Gasteiger partial charge in [-0.15, -0.1) is 0 Å². The SMILES string of the molecule is CC(C)(C)C1C[C@@H]2C[C@@H](C2(C)C)[C@]1(C)C(C)(C)C. The molecular formula is C18H34. The van der Waals surface area contributed by atoms with Gasteiger partial charge >= 0.3 is 0 Å². The Morgan fingerprint density at radius 2 is 1.33 bits per heavy atom. The van der Waals surface area contributed by atoms with E-state index in [0.717, 1.165) is 17.8 Å². The summed E-state index contributed by atoms with van der Waals surface area (Å²) in [6.07, 6.45) is 2.92. The predicted molar refractivity (Wildman–Crippen MR) is 80.5 cm³/mol. The predicted octanol–water partition coefficient (Wildman–Crippen LogP) is 5.77. The summed E-state index contributed by atoms with van der Waals surface area (Å²) >= 11 is 0. The van der Waals surface area contributed by atoms with Crippen LogP contribution in [0.4, 0.5) is 0 Å². The quantitative estimate of drug-likeness (QED) is 0.512. The van der Waals surface area contributed by atoms with Gasteiger partial charge in [-0.25, -0.2) is 0 Å². The van der Waals surface area contributed by atoms with Crippen LogP contribution in [0.5, 0.6) is 0 Å². The van der Waals surface area contributed by atoms with Crippen LogP contribution in [0.25, 0.3) is 0 Å². The van der Waals surface area contributed by atoms with Crippen molar-refractivity contribution in [2.45, 2.75) is 75.2 Å². The lowest BCUT2D eigenvalue weighted by molar-refractivity contribution is -0.242. The molecule has 2 bridgehead atoms. The van der Waals surface area contributed by atoms with Crippen molar-refractivity contribution in [3.8, 4) is 0 Å². The first-order chi connectivity index (χ1) is 7.83. The molecule has 0 aliphatic heterocycles. The molecule has 0 heteroatoms. The van der Waals surface area contributed by atoms with Gasteiger partial charge in [-0.2, -0.15) is 0 Å². The molecule has 3 aliphatic rings. The van der Waals surface area contributed by atoms with Crippen LogP contribution < -0.4 is 0 Å². The Bertz CT molecular complexity index is 336. The van der Waals surface area contributed by atoms with E-state index in [1.165, 1.54) is 12.8 Å². The molecule has 0 heterocycles. The first kappa shape index (κ1) is 14.4. The lowest BCUT2D eigenvalue weighted by atomic mass is 9.32. The highest BCUT2D eigenvalue weighted by atomic mass is 14.7. The summed E-state index contributed by atoms with van der Waals surface area (Å²) < 4.78 is 0. The molecule has 0 aromatic carbocycles. The highest BCUT2D eigenvalue weighted by molar-refractivity contribution is 5.15. The Hall–Kier alpha value is 0. The van der Waals surface area contributed by atoms with Crippen LogP contribution in [-0.2, 0) is 0 Å². The van der Waals surface area contributed by atoms with Crippen molar-refractivity contribution >= 4 is 0 Å². The molecule has 3 fully saturated rings. The summed E-state index contributed by atoms with van der Waals surface area (Å²) in [7, 11) is 0. The van der Waals surface area contributed by atoms with Crippen LogP contribution in [0, 0.1) is 39.4 Å². The zero-order valence-corrected chi connectivity index (χ0v) is 14.1. The molecule has 0 N–H and O–H groups in total. The van der Waals surface area contributed by atoms with Gasteiger partial charge in [0.15, 0.2) is 0 Å². The molecule has 0 radical (unpaired) electrons. The Labute approximate surface area is 115 Å². The van der Waals surface area contributed by atoms with Crippen LogP contribution in [0.15, 0.2) is 0 Å². The van der Waals surface area contributed by atoms with E-state index in [1.807, 2.05) is 0 Å². The van der Waals surface area contributed by atoms with Crippen LogP contribution in [-0.4, -0.2) is 0 Å². The molecular weight excluding hydrogens is 216 g/mol.